The van der Waals surface area contributed by atoms with Crippen molar-refractivity contribution in [2.24, 2.45) is 0 Å². The van der Waals surface area contributed by atoms with Crippen LogP contribution in [0.4, 0.5) is 4.39 Å². The van der Waals surface area contributed by atoms with E-state index in [0.717, 1.165) is 17.3 Å². The first-order chi connectivity index (χ1) is 8.52. The Labute approximate surface area is 115 Å². The van der Waals surface area contributed by atoms with Crippen LogP contribution in [0.2, 0.25) is 0 Å². The minimum absolute atomic E-state index is 0.234. The molecule has 18 heavy (non-hydrogen) atoms. The Morgan fingerprint density at radius 3 is 2.72 bits per heavy atom. The molecular formula is C14H18BrFO2. The van der Waals surface area contributed by atoms with Crippen molar-refractivity contribution < 1.29 is 14.2 Å². The van der Waals surface area contributed by atoms with Gasteiger partial charge in [0, 0.05) is 18.0 Å². The zero-order valence-electron chi connectivity index (χ0n) is 10.5. The summed E-state index contributed by atoms with van der Waals surface area (Å²) in [6.07, 6.45) is 3.60. The van der Waals surface area contributed by atoms with Crippen molar-refractivity contribution in [3.05, 3.63) is 34.1 Å². The summed E-state index contributed by atoms with van der Waals surface area (Å²) in [6, 6.07) is 4.85. The molecular weight excluding hydrogens is 299 g/mol. The molecule has 1 fully saturated rings. The molecule has 1 aliphatic rings. The van der Waals surface area contributed by atoms with E-state index < -0.39 is 5.60 Å². The third-order valence-electron chi connectivity index (χ3n) is 3.72. The topological polar surface area (TPSA) is 29.5 Å². The first-order valence-electron chi connectivity index (χ1n) is 6.21. The summed E-state index contributed by atoms with van der Waals surface area (Å²) in [6.45, 7) is 0. The minimum atomic E-state index is -0.795. The number of ether oxygens (including phenoxy) is 1. The minimum Gasteiger partial charge on any atom is -0.390 e. The van der Waals surface area contributed by atoms with Gasteiger partial charge >= 0.3 is 0 Å². The molecule has 1 N–H and O–H groups in total. The molecule has 0 amide bonds. The third kappa shape index (κ3) is 3.31. The van der Waals surface area contributed by atoms with Gasteiger partial charge in [-0.2, -0.15) is 0 Å². The SMILES string of the molecule is COC1CCC(O)(Cc2cc(Br)ccc2F)CC1. The van der Waals surface area contributed by atoms with E-state index in [2.05, 4.69) is 15.9 Å². The van der Waals surface area contributed by atoms with Crippen LogP contribution in [-0.4, -0.2) is 23.9 Å². The van der Waals surface area contributed by atoms with Crippen LogP contribution in [0, 0.1) is 5.82 Å². The standard InChI is InChI=1S/C14H18BrFO2/c1-18-12-4-6-14(17,7-5-12)9-10-8-11(15)2-3-13(10)16/h2-3,8,12,17H,4-7,9H2,1H3. The number of rotatable bonds is 3. The van der Waals surface area contributed by atoms with Gasteiger partial charge in [-0.05, 0) is 49.4 Å². The Hall–Kier alpha value is -0.450. The second-order valence-electron chi connectivity index (χ2n) is 5.07. The van der Waals surface area contributed by atoms with Gasteiger partial charge in [-0.3, -0.25) is 0 Å². The van der Waals surface area contributed by atoms with E-state index in [9.17, 15) is 9.50 Å². The van der Waals surface area contributed by atoms with Crippen molar-refractivity contribution in [2.75, 3.05) is 7.11 Å². The highest BCUT2D eigenvalue weighted by Gasteiger charge is 2.34. The maximum Gasteiger partial charge on any atom is 0.126 e. The maximum atomic E-state index is 13.7. The van der Waals surface area contributed by atoms with Gasteiger partial charge in [-0.15, -0.1) is 0 Å². The normalized spacial score (nSPS) is 28.3. The molecule has 4 heteroatoms. The molecule has 2 nitrogen and oxygen atoms in total. The average Bonchev–Trinajstić information content (AvgIpc) is 2.35. The van der Waals surface area contributed by atoms with Crippen LogP contribution in [0.15, 0.2) is 22.7 Å². The Morgan fingerprint density at radius 1 is 1.44 bits per heavy atom. The number of benzene rings is 1. The maximum absolute atomic E-state index is 13.7. The van der Waals surface area contributed by atoms with E-state index in [1.165, 1.54) is 6.07 Å². The molecule has 0 radical (unpaired) electrons. The summed E-state index contributed by atoms with van der Waals surface area (Å²) in [4.78, 5) is 0. The number of aliphatic hydroxyl groups is 1. The lowest BCUT2D eigenvalue weighted by Crippen LogP contribution is -2.38. The van der Waals surface area contributed by atoms with Gasteiger partial charge in [-0.1, -0.05) is 15.9 Å². The average molecular weight is 317 g/mol. The van der Waals surface area contributed by atoms with Crippen LogP contribution in [-0.2, 0) is 11.2 Å². The third-order valence-corrected chi connectivity index (χ3v) is 4.22. The van der Waals surface area contributed by atoms with E-state index in [1.54, 1.807) is 19.2 Å². The van der Waals surface area contributed by atoms with E-state index in [1.807, 2.05) is 0 Å². The number of methoxy groups -OCH3 is 1. The monoisotopic (exact) mass is 316 g/mol. The number of hydrogen-bond donors (Lipinski definition) is 1. The molecule has 1 aliphatic carbocycles. The highest BCUT2D eigenvalue weighted by Crippen LogP contribution is 2.33. The zero-order valence-corrected chi connectivity index (χ0v) is 12.0. The quantitative estimate of drug-likeness (QED) is 0.925. The molecule has 100 valence electrons. The second-order valence-corrected chi connectivity index (χ2v) is 5.99. The first kappa shape index (κ1) is 14.0. The van der Waals surface area contributed by atoms with Gasteiger partial charge in [0.1, 0.15) is 5.82 Å². The molecule has 1 saturated carbocycles. The van der Waals surface area contributed by atoms with Gasteiger partial charge in [0.2, 0.25) is 0 Å². The van der Waals surface area contributed by atoms with E-state index in [4.69, 9.17) is 4.74 Å². The molecule has 0 aliphatic heterocycles. The molecule has 0 bridgehead atoms. The first-order valence-corrected chi connectivity index (χ1v) is 7.01. The van der Waals surface area contributed by atoms with Crippen LogP contribution in [0.3, 0.4) is 0 Å². The van der Waals surface area contributed by atoms with E-state index >= 15 is 0 Å². The largest absolute Gasteiger partial charge is 0.390 e. The lowest BCUT2D eigenvalue weighted by atomic mass is 9.79. The molecule has 0 spiro atoms. The smallest absolute Gasteiger partial charge is 0.126 e. The van der Waals surface area contributed by atoms with Crippen LogP contribution in [0.25, 0.3) is 0 Å². The molecule has 0 aromatic heterocycles. The van der Waals surface area contributed by atoms with Crippen LogP contribution in [0.5, 0.6) is 0 Å². The van der Waals surface area contributed by atoms with Crippen molar-refractivity contribution in [1.29, 1.82) is 0 Å². The second kappa shape index (κ2) is 5.68. The molecule has 2 rings (SSSR count). The highest BCUT2D eigenvalue weighted by atomic mass is 79.9. The molecule has 0 unspecified atom stereocenters. The van der Waals surface area contributed by atoms with Crippen molar-refractivity contribution in [2.45, 2.75) is 43.8 Å². The van der Waals surface area contributed by atoms with Crippen molar-refractivity contribution >= 4 is 15.9 Å². The summed E-state index contributed by atoms with van der Waals surface area (Å²) in [7, 11) is 1.70. The molecule has 0 saturated heterocycles. The van der Waals surface area contributed by atoms with Gasteiger partial charge in [0.05, 0.1) is 11.7 Å². The molecule has 0 heterocycles. The van der Waals surface area contributed by atoms with Crippen molar-refractivity contribution in [3.63, 3.8) is 0 Å². The Bertz CT molecular complexity index is 414. The van der Waals surface area contributed by atoms with Crippen LogP contribution in [0.1, 0.15) is 31.2 Å². The zero-order chi connectivity index (χ0) is 13.2. The summed E-state index contributed by atoms with van der Waals surface area (Å²) >= 11 is 3.33. The van der Waals surface area contributed by atoms with Crippen molar-refractivity contribution in [3.8, 4) is 0 Å². The lowest BCUT2D eigenvalue weighted by Gasteiger charge is -2.35. The van der Waals surface area contributed by atoms with Crippen LogP contribution >= 0.6 is 15.9 Å². The summed E-state index contributed by atoms with van der Waals surface area (Å²) < 4.78 is 19.8. The summed E-state index contributed by atoms with van der Waals surface area (Å²) in [5.74, 6) is -0.250. The van der Waals surface area contributed by atoms with Gasteiger partial charge in [-0.25, -0.2) is 4.39 Å². The Kier molecular flexibility index (Phi) is 4.41. The summed E-state index contributed by atoms with van der Waals surface area (Å²) in [5, 5.41) is 10.5. The highest BCUT2D eigenvalue weighted by molar-refractivity contribution is 9.10. The predicted molar refractivity (Wildman–Crippen MR) is 72.0 cm³/mol. The number of hydrogen-bond acceptors (Lipinski definition) is 2. The Balaban J connectivity index is 2.06. The number of halogens is 2. The molecule has 1 aromatic rings. The van der Waals surface area contributed by atoms with E-state index in [-0.39, 0.29) is 11.9 Å². The predicted octanol–water partition coefficient (Wildman–Crippen LogP) is 3.45. The molecule has 1 aromatic carbocycles. The fraction of sp³-hybridized carbons (Fsp3) is 0.571. The fourth-order valence-corrected chi connectivity index (χ4v) is 2.98. The Morgan fingerprint density at radius 2 is 2.11 bits per heavy atom. The lowest BCUT2D eigenvalue weighted by molar-refractivity contribution is -0.0431. The van der Waals surface area contributed by atoms with Crippen LogP contribution < -0.4 is 0 Å². The van der Waals surface area contributed by atoms with Gasteiger partial charge < -0.3 is 9.84 Å². The molecule has 0 atom stereocenters. The van der Waals surface area contributed by atoms with Gasteiger partial charge in [0.15, 0.2) is 0 Å². The van der Waals surface area contributed by atoms with Crippen molar-refractivity contribution in [1.82, 2.24) is 0 Å². The summed E-state index contributed by atoms with van der Waals surface area (Å²) in [5.41, 5.74) is -0.223. The van der Waals surface area contributed by atoms with Gasteiger partial charge in [0.25, 0.3) is 0 Å². The van der Waals surface area contributed by atoms with E-state index in [0.29, 0.717) is 24.8 Å². The fourth-order valence-electron chi connectivity index (χ4n) is 2.57.